The Bertz CT molecular complexity index is 476. The SMILES string of the molecule is c1nc(C2CCCCC2)ncc1CN1C[C@H]2CC[C@@H]1CNC2. The number of fused-ring (bicyclic) bond motifs is 4. The molecule has 4 fully saturated rings. The molecule has 5 rings (SSSR count). The predicted molar refractivity (Wildman–Crippen MR) is 87.6 cm³/mol. The third-order valence-corrected chi connectivity index (χ3v) is 5.81. The van der Waals surface area contributed by atoms with Crippen molar-refractivity contribution in [1.82, 2.24) is 20.2 Å². The Morgan fingerprint density at radius 2 is 1.82 bits per heavy atom. The zero-order chi connectivity index (χ0) is 14.8. The lowest BCUT2D eigenvalue weighted by Crippen LogP contribution is -2.43. The van der Waals surface area contributed by atoms with E-state index < -0.39 is 0 Å². The van der Waals surface area contributed by atoms with Gasteiger partial charge in [-0.1, -0.05) is 19.3 Å². The maximum atomic E-state index is 4.70. The molecule has 0 unspecified atom stereocenters. The van der Waals surface area contributed by atoms with E-state index in [2.05, 4.69) is 22.6 Å². The van der Waals surface area contributed by atoms with Gasteiger partial charge in [0.2, 0.25) is 0 Å². The Morgan fingerprint density at radius 1 is 1.00 bits per heavy atom. The van der Waals surface area contributed by atoms with Gasteiger partial charge in [0.1, 0.15) is 5.82 Å². The van der Waals surface area contributed by atoms with Crippen molar-refractivity contribution in [2.45, 2.75) is 63.5 Å². The number of aromatic nitrogens is 2. The second-order valence-electron chi connectivity index (χ2n) is 7.47. The van der Waals surface area contributed by atoms with Crippen LogP contribution >= 0.6 is 0 Å². The minimum atomic E-state index is 0.612. The Hall–Kier alpha value is -1.00. The molecule has 4 heteroatoms. The number of nitrogens with one attached hydrogen (secondary N) is 1. The largest absolute Gasteiger partial charge is 0.315 e. The number of hydrogen-bond donors (Lipinski definition) is 1. The maximum absolute atomic E-state index is 4.70. The lowest BCUT2D eigenvalue weighted by atomic mass is 9.89. The van der Waals surface area contributed by atoms with Crippen molar-refractivity contribution in [3.8, 4) is 0 Å². The van der Waals surface area contributed by atoms with E-state index in [1.807, 2.05) is 0 Å². The molecule has 3 aliphatic heterocycles. The van der Waals surface area contributed by atoms with Gasteiger partial charge in [0.05, 0.1) is 0 Å². The zero-order valence-electron chi connectivity index (χ0n) is 13.5. The summed E-state index contributed by atoms with van der Waals surface area (Å²) in [6, 6.07) is 0.705. The average Bonchev–Trinajstić information content (AvgIpc) is 2.92. The standard InChI is InChI=1S/C18H28N4/c1-2-4-16(5-3-1)18-20-9-15(10-21-18)13-22-12-14-6-7-17(22)11-19-8-14/h9-10,14,16-17,19H,1-8,11-13H2/t14-,17+/m0/s1. The van der Waals surface area contributed by atoms with Crippen molar-refractivity contribution in [2.24, 2.45) is 5.92 Å². The summed E-state index contributed by atoms with van der Waals surface area (Å²) in [5, 5.41) is 3.60. The van der Waals surface area contributed by atoms with Gasteiger partial charge in [-0.2, -0.15) is 0 Å². The first-order valence-electron chi connectivity index (χ1n) is 9.14. The molecule has 1 N–H and O–H groups in total. The molecular formula is C18H28N4. The van der Waals surface area contributed by atoms with Crippen molar-refractivity contribution >= 4 is 0 Å². The van der Waals surface area contributed by atoms with Gasteiger partial charge in [0, 0.05) is 49.6 Å². The fourth-order valence-corrected chi connectivity index (χ4v) is 4.48. The molecule has 22 heavy (non-hydrogen) atoms. The molecule has 1 aromatic heterocycles. The van der Waals surface area contributed by atoms with E-state index in [0.717, 1.165) is 24.8 Å². The van der Waals surface area contributed by atoms with Crippen molar-refractivity contribution in [1.29, 1.82) is 0 Å². The second kappa shape index (κ2) is 6.63. The van der Waals surface area contributed by atoms with Gasteiger partial charge in [-0.05, 0) is 38.1 Å². The third kappa shape index (κ3) is 3.18. The normalized spacial score (nSPS) is 30.4. The van der Waals surface area contributed by atoms with E-state index in [-0.39, 0.29) is 0 Å². The zero-order valence-corrected chi connectivity index (χ0v) is 13.5. The highest BCUT2D eigenvalue weighted by Gasteiger charge is 2.31. The van der Waals surface area contributed by atoms with E-state index >= 15 is 0 Å². The fourth-order valence-electron chi connectivity index (χ4n) is 4.48. The molecule has 0 radical (unpaired) electrons. The Kier molecular flexibility index (Phi) is 4.39. The quantitative estimate of drug-likeness (QED) is 0.932. The summed E-state index contributed by atoms with van der Waals surface area (Å²) in [5.41, 5.74) is 1.28. The first kappa shape index (κ1) is 14.6. The molecule has 1 aliphatic carbocycles. The molecule has 2 bridgehead atoms. The first-order chi connectivity index (χ1) is 10.9. The molecule has 0 amide bonds. The molecule has 3 saturated heterocycles. The van der Waals surface area contributed by atoms with E-state index in [1.165, 1.54) is 63.6 Å². The summed E-state index contributed by atoms with van der Waals surface area (Å²) < 4.78 is 0. The first-order valence-corrected chi connectivity index (χ1v) is 9.14. The van der Waals surface area contributed by atoms with Gasteiger partial charge < -0.3 is 5.32 Å². The van der Waals surface area contributed by atoms with Gasteiger partial charge >= 0.3 is 0 Å². The van der Waals surface area contributed by atoms with Crippen LogP contribution in [0.3, 0.4) is 0 Å². The van der Waals surface area contributed by atoms with Crippen LogP contribution < -0.4 is 5.32 Å². The number of nitrogens with zero attached hydrogens (tertiary/aromatic N) is 3. The molecule has 4 nitrogen and oxygen atoms in total. The van der Waals surface area contributed by atoms with Crippen LogP contribution in [0.4, 0.5) is 0 Å². The smallest absolute Gasteiger partial charge is 0.131 e. The monoisotopic (exact) mass is 300 g/mol. The minimum absolute atomic E-state index is 0.612. The van der Waals surface area contributed by atoms with Crippen molar-refractivity contribution < 1.29 is 0 Å². The molecule has 2 atom stereocenters. The van der Waals surface area contributed by atoms with Crippen LogP contribution in [0.1, 0.15) is 62.3 Å². The lowest BCUT2D eigenvalue weighted by Gasteiger charge is -2.36. The minimum Gasteiger partial charge on any atom is -0.315 e. The summed E-state index contributed by atoms with van der Waals surface area (Å²) in [4.78, 5) is 12.0. The van der Waals surface area contributed by atoms with Crippen LogP contribution in [-0.4, -0.2) is 40.5 Å². The highest BCUT2D eigenvalue weighted by Crippen LogP contribution is 2.30. The molecule has 0 aromatic carbocycles. The Balaban J connectivity index is 1.40. The molecule has 1 aromatic rings. The molecule has 4 heterocycles. The Morgan fingerprint density at radius 3 is 2.64 bits per heavy atom. The summed E-state index contributed by atoms with van der Waals surface area (Å²) in [7, 11) is 0. The van der Waals surface area contributed by atoms with E-state index in [4.69, 9.17) is 9.97 Å². The molecule has 4 aliphatic rings. The molecule has 120 valence electrons. The van der Waals surface area contributed by atoms with Crippen LogP contribution in [0, 0.1) is 5.92 Å². The predicted octanol–water partition coefficient (Wildman–Crippen LogP) is 2.71. The second-order valence-corrected chi connectivity index (χ2v) is 7.47. The van der Waals surface area contributed by atoms with Gasteiger partial charge in [-0.3, -0.25) is 4.90 Å². The third-order valence-electron chi connectivity index (χ3n) is 5.81. The van der Waals surface area contributed by atoms with E-state index in [1.54, 1.807) is 0 Å². The topological polar surface area (TPSA) is 41.1 Å². The van der Waals surface area contributed by atoms with Gasteiger partial charge in [-0.25, -0.2) is 9.97 Å². The summed E-state index contributed by atoms with van der Waals surface area (Å²) in [5.74, 6) is 2.53. The van der Waals surface area contributed by atoms with E-state index in [9.17, 15) is 0 Å². The van der Waals surface area contributed by atoms with Crippen LogP contribution in [0.15, 0.2) is 12.4 Å². The molecular weight excluding hydrogens is 272 g/mol. The highest BCUT2D eigenvalue weighted by atomic mass is 15.2. The number of piperidine rings is 1. The van der Waals surface area contributed by atoms with Crippen molar-refractivity contribution in [3.05, 3.63) is 23.8 Å². The van der Waals surface area contributed by atoms with Gasteiger partial charge in [0.25, 0.3) is 0 Å². The van der Waals surface area contributed by atoms with Crippen LogP contribution in [0.25, 0.3) is 0 Å². The van der Waals surface area contributed by atoms with Gasteiger partial charge in [0.15, 0.2) is 0 Å². The average molecular weight is 300 g/mol. The number of rotatable bonds is 3. The highest BCUT2D eigenvalue weighted by molar-refractivity contribution is 5.09. The van der Waals surface area contributed by atoms with Crippen LogP contribution in [0.5, 0.6) is 0 Å². The number of hydrogen-bond acceptors (Lipinski definition) is 4. The molecule has 1 saturated carbocycles. The Labute approximate surface area is 133 Å². The summed E-state index contributed by atoms with van der Waals surface area (Å²) in [6.07, 6.45) is 13.6. The lowest BCUT2D eigenvalue weighted by molar-refractivity contribution is 0.126. The van der Waals surface area contributed by atoms with Crippen LogP contribution in [0.2, 0.25) is 0 Å². The maximum Gasteiger partial charge on any atom is 0.131 e. The van der Waals surface area contributed by atoms with Gasteiger partial charge in [-0.15, -0.1) is 0 Å². The van der Waals surface area contributed by atoms with Crippen molar-refractivity contribution in [2.75, 3.05) is 19.6 Å². The van der Waals surface area contributed by atoms with Crippen molar-refractivity contribution in [3.63, 3.8) is 0 Å². The molecule has 0 spiro atoms. The fraction of sp³-hybridized carbons (Fsp3) is 0.778. The van der Waals surface area contributed by atoms with Crippen LogP contribution in [-0.2, 0) is 6.54 Å². The summed E-state index contributed by atoms with van der Waals surface area (Å²) >= 11 is 0. The van der Waals surface area contributed by atoms with E-state index in [0.29, 0.717) is 12.0 Å². The summed E-state index contributed by atoms with van der Waals surface area (Å²) in [6.45, 7) is 4.61.